The molecule has 1 atom stereocenters. The van der Waals surface area contributed by atoms with E-state index in [2.05, 4.69) is 4.98 Å². The fourth-order valence-electron chi connectivity index (χ4n) is 1.47. The van der Waals surface area contributed by atoms with Crippen molar-refractivity contribution < 1.29 is 4.74 Å². The van der Waals surface area contributed by atoms with Crippen molar-refractivity contribution in [3.63, 3.8) is 0 Å². The molecule has 0 amide bonds. The highest BCUT2D eigenvalue weighted by Crippen LogP contribution is 2.25. The van der Waals surface area contributed by atoms with Gasteiger partial charge in [-0.25, -0.2) is 4.98 Å². The van der Waals surface area contributed by atoms with E-state index in [1.165, 1.54) is 4.88 Å². The molecule has 0 aliphatic heterocycles. The Hall–Kier alpha value is -0.450. The van der Waals surface area contributed by atoms with Gasteiger partial charge in [0, 0.05) is 24.6 Å². The maximum Gasteiger partial charge on any atom is 0.0900 e. The number of methoxy groups -OCH3 is 1. The molecule has 0 fully saturated rings. The van der Waals surface area contributed by atoms with Crippen molar-refractivity contribution >= 4 is 11.3 Å². The van der Waals surface area contributed by atoms with E-state index in [0.717, 1.165) is 30.2 Å². The summed E-state index contributed by atoms with van der Waals surface area (Å²) >= 11 is 1.70. The predicted octanol–water partition coefficient (Wildman–Crippen LogP) is 2.19. The number of ether oxygens (including phenoxy) is 1. The molecule has 0 bridgehead atoms. The molecule has 0 saturated carbocycles. The van der Waals surface area contributed by atoms with Crippen molar-refractivity contribution in [2.24, 2.45) is 5.73 Å². The first-order chi connectivity index (χ1) is 6.65. The number of hydrogen-bond acceptors (Lipinski definition) is 4. The average molecular weight is 214 g/mol. The third-order valence-electron chi connectivity index (χ3n) is 2.14. The molecule has 1 unspecified atom stereocenters. The molecular formula is C10H18N2OS. The summed E-state index contributed by atoms with van der Waals surface area (Å²) in [5.74, 6) is 0. The summed E-state index contributed by atoms with van der Waals surface area (Å²) in [5, 5.41) is 1.10. The summed E-state index contributed by atoms with van der Waals surface area (Å²) in [7, 11) is 1.72. The zero-order chi connectivity index (χ0) is 10.6. The quantitative estimate of drug-likeness (QED) is 0.764. The lowest BCUT2D eigenvalue weighted by Crippen LogP contribution is -2.10. The molecule has 0 radical (unpaired) electrons. The molecule has 2 N–H and O–H groups in total. The second-order valence-electron chi connectivity index (χ2n) is 3.42. The van der Waals surface area contributed by atoms with Gasteiger partial charge in [0.1, 0.15) is 0 Å². The van der Waals surface area contributed by atoms with E-state index in [0.29, 0.717) is 0 Å². The van der Waals surface area contributed by atoms with Crippen LogP contribution in [0.1, 0.15) is 34.5 Å². The van der Waals surface area contributed by atoms with E-state index < -0.39 is 0 Å². The van der Waals surface area contributed by atoms with E-state index >= 15 is 0 Å². The van der Waals surface area contributed by atoms with Gasteiger partial charge in [-0.1, -0.05) is 0 Å². The Kier molecular flexibility index (Phi) is 4.51. The predicted molar refractivity (Wildman–Crippen MR) is 59.6 cm³/mol. The lowest BCUT2D eigenvalue weighted by atomic mass is 10.1. The van der Waals surface area contributed by atoms with Crippen LogP contribution in [0.4, 0.5) is 0 Å². The average Bonchev–Trinajstić information content (AvgIpc) is 2.45. The minimum Gasteiger partial charge on any atom is -0.385 e. The Bertz CT molecular complexity index is 286. The van der Waals surface area contributed by atoms with Crippen molar-refractivity contribution in [2.45, 2.75) is 32.7 Å². The van der Waals surface area contributed by atoms with Gasteiger partial charge in [-0.15, -0.1) is 11.3 Å². The molecule has 0 aliphatic carbocycles. The van der Waals surface area contributed by atoms with E-state index in [9.17, 15) is 0 Å². The normalized spacial score (nSPS) is 13.1. The Morgan fingerprint density at radius 2 is 2.21 bits per heavy atom. The van der Waals surface area contributed by atoms with Crippen molar-refractivity contribution in [3.8, 4) is 0 Å². The summed E-state index contributed by atoms with van der Waals surface area (Å²) in [5.41, 5.74) is 7.15. The van der Waals surface area contributed by atoms with Gasteiger partial charge in [-0.05, 0) is 26.7 Å². The highest BCUT2D eigenvalue weighted by Gasteiger charge is 2.12. The van der Waals surface area contributed by atoms with Crippen molar-refractivity contribution in [3.05, 3.63) is 15.6 Å². The SMILES string of the molecule is COCCCC(N)c1sc(C)nc1C. The topological polar surface area (TPSA) is 48.1 Å². The first kappa shape index (κ1) is 11.6. The monoisotopic (exact) mass is 214 g/mol. The molecule has 0 aromatic carbocycles. The van der Waals surface area contributed by atoms with E-state index in [1.54, 1.807) is 18.4 Å². The van der Waals surface area contributed by atoms with Crippen molar-refractivity contribution in [1.82, 2.24) is 4.98 Å². The van der Waals surface area contributed by atoms with Gasteiger partial charge >= 0.3 is 0 Å². The number of thiazole rings is 1. The molecule has 80 valence electrons. The van der Waals surface area contributed by atoms with Gasteiger partial charge in [0.25, 0.3) is 0 Å². The van der Waals surface area contributed by atoms with Crippen LogP contribution in [-0.4, -0.2) is 18.7 Å². The van der Waals surface area contributed by atoms with Gasteiger partial charge in [0.2, 0.25) is 0 Å². The first-order valence-corrected chi connectivity index (χ1v) is 5.65. The lowest BCUT2D eigenvalue weighted by molar-refractivity contribution is 0.190. The zero-order valence-corrected chi connectivity index (χ0v) is 9.86. The molecule has 14 heavy (non-hydrogen) atoms. The largest absolute Gasteiger partial charge is 0.385 e. The Morgan fingerprint density at radius 1 is 1.50 bits per heavy atom. The third-order valence-corrected chi connectivity index (χ3v) is 3.34. The van der Waals surface area contributed by atoms with Crippen molar-refractivity contribution in [2.75, 3.05) is 13.7 Å². The van der Waals surface area contributed by atoms with Gasteiger partial charge in [0.05, 0.1) is 10.7 Å². The summed E-state index contributed by atoms with van der Waals surface area (Å²) < 4.78 is 5.00. The molecule has 1 heterocycles. The number of hydrogen-bond donors (Lipinski definition) is 1. The van der Waals surface area contributed by atoms with Gasteiger partial charge in [-0.2, -0.15) is 0 Å². The molecule has 1 aromatic heterocycles. The Labute approximate surface area is 89.3 Å². The van der Waals surface area contributed by atoms with E-state index in [4.69, 9.17) is 10.5 Å². The summed E-state index contributed by atoms with van der Waals surface area (Å²) in [6, 6.07) is 0.122. The smallest absolute Gasteiger partial charge is 0.0900 e. The maximum atomic E-state index is 6.06. The fourth-order valence-corrected chi connectivity index (χ4v) is 2.43. The van der Waals surface area contributed by atoms with Crippen LogP contribution in [0, 0.1) is 13.8 Å². The maximum absolute atomic E-state index is 6.06. The van der Waals surface area contributed by atoms with Crippen molar-refractivity contribution in [1.29, 1.82) is 0 Å². The number of nitrogens with two attached hydrogens (primary N) is 1. The molecule has 0 spiro atoms. The molecule has 3 nitrogen and oxygen atoms in total. The Morgan fingerprint density at radius 3 is 2.71 bits per heavy atom. The number of rotatable bonds is 5. The summed E-state index contributed by atoms with van der Waals surface area (Å²) in [6.07, 6.45) is 1.98. The molecule has 0 saturated heterocycles. The van der Waals surface area contributed by atoms with Crippen LogP contribution in [0.25, 0.3) is 0 Å². The number of aromatic nitrogens is 1. The number of aryl methyl sites for hydroxylation is 2. The van der Waals surface area contributed by atoms with Gasteiger partial charge in [0.15, 0.2) is 0 Å². The standard InChI is InChI=1S/C10H18N2OS/c1-7-10(14-8(2)12-7)9(11)5-4-6-13-3/h9H,4-6,11H2,1-3H3. The summed E-state index contributed by atoms with van der Waals surface area (Å²) in [4.78, 5) is 5.59. The second kappa shape index (κ2) is 5.44. The molecule has 0 aliphatic rings. The van der Waals surface area contributed by atoms with Crippen LogP contribution in [-0.2, 0) is 4.74 Å². The third kappa shape index (κ3) is 3.04. The highest BCUT2D eigenvalue weighted by atomic mass is 32.1. The molecular weight excluding hydrogens is 196 g/mol. The Balaban J connectivity index is 2.51. The lowest BCUT2D eigenvalue weighted by Gasteiger charge is -2.09. The van der Waals surface area contributed by atoms with Crippen LogP contribution in [0.15, 0.2) is 0 Å². The highest BCUT2D eigenvalue weighted by molar-refractivity contribution is 7.11. The minimum absolute atomic E-state index is 0.122. The van der Waals surface area contributed by atoms with Crippen LogP contribution in [0.2, 0.25) is 0 Å². The zero-order valence-electron chi connectivity index (χ0n) is 9.04. The molecule has 1 aromatic rings. The molecule has 4 heteroatoms. The van der Waals surface area contributed by atoms with E-state index in [1.807, 2.05) is 13.8 Å². The van der Waals surface area contributed by atoms with E-state index in [-0.39, 0.29) is 6.04 Å². The number of nitrogens with zero attached hydrogens (tertiary/aromatic N) is 1. The minimum atomic E-state index is 0.122. The second-order valence-corrected chi connectivity index (χ2v) is 4.66. The van der Waals surface area contributed by atoms with Gasteiger partial charge in [-0.3, -0.25) is 0 Å². The van der Waals surface area contributed by atoms with Crippen LogP contribution in [0.5, 0.6) is 0 Å². The van der Waals surface area contributed by atoms with Crippen LogP contribution in [0.3, 0.4) is 0 Å². The fraction of sp³-hybridized carbons (Fsp3) is 0.700. The van der Waals surface area contributed by atoms with Crippen LogP contribution >= 0.6 is 11.3 Å². The van der Waals surface area contributed by atoms with Crippen LogP contribution < -0.4 is 5.73 Å². The van der Waals surface area contributed by atoms with Gasteiger partial charge < -0.3 is 10.5 Å². The molecule has 1 rings (SSSR count). The first-order valence-electron chi connectivity index (χ1n) is 4.83. The summed E-state index contributed by atoms with van der Waals surface area (Å²) in [6.45, 7) is 4.82.